The summed E-state index contributed by atoms with van der Waals surface area (Å²) in [6.45, 7) is 2.25. The summed E-state index contributed by atoms with van der Waals surface area (Å²) in [5.41, 5.74) is 0. The van der Waals surface area contributed by atoms with Crippen molar-refractivity contribution in [3.8, 4) is 0 Å². The monoisotopic (exact) mass is 345 g/mol. The van der Waals surface area contributed by atoms with Crippen molar-refractivity contribution >= 4 is 29.0 Å². The number of carbonyl (C=O) groups is 1. The van der Waals surface area contributed by atoms with Crippen LogP contribution in [0.4, 0.5) is 0 Å². The first kappa shape index (κ1) is 15.2. The van der Waals surface area contributed by atoms with Crippen molar-refractivity contribution in [1.82, 2.24) is 15.2 Å². The molecule has 0 spiro atoms. The summed E-state index contributed by atoms with van der Waals surface area (Å²) in [7, 11) is 0. The van der Waals surface area contributed by atoms with Crippen LogP contribution in [0.3, 0.4) is 0 Å². The van der Waals surface area contributed by atoms with Gasteiger partial charge in [-0.2, -0.15) is 0 Å². The third-order valence-corrected chi connectivity index (χ3v) is 6.76. The van der Waals surface area contributed by atoms with Crippen LogP contribution in [0.2, 0.25) is 0 Å². The van der Waals surface area contributed by atoms with E-state index in [1.54, 1.807) is 18.0 Å². The van der Waals surface area contributed by atoms with Gasteiger partial charge < -0.3 is 5.32 Å². The standard InChI is InChI=1S/C17H19N3OS2/c21-17(19-14-11-12-6-9-20(14)10-7-12)13-4-5-16(22-13)23-15-3-1-2-8-18-15/h1-5,8,12,14H,6-7,9-11H2,(H,19,21). The maximum atomic E-state index is 12.5. The fourth-order valence-corrected chi connectivity index (χ4v) is 5.28. The van der Waals surface area contributed by atoms with E-state index in [-0.39, 0.29) is 12.1 Å². The number of hydrogen-bond acceptors (Lipinski definition) is 5. The van der Waals surface area contributed by atoms with Gasteiger partial charge in [-0.15, -0.1) is 11.3 Å². The molecule has 23 heavy (non-hydrogen) atoms. The lowest BCUT2D eigenvalue weighted by Gasteiger charge is -2.45. The molecule has 4 nitrogen and oxygen atoms in total. The number of rotatable bonds is 4. The van der Waals surface area contributed by atoms with Crippen LogP contribution in [-0.4, -0.2) is 35.0 Å². The SMILES string of the molecule is O=C(NC1CC2CCN1CC2)c1ccc(Sc2ccccn2)s1. The average Bonchev–Trinajstić information content (AvgIpc) is 3.05. The maximum absolute atomic E-state index is 12.5. The number of pyridine rings is 1. The van der Waals surface area contributed by atoms with E-state index >= 15 is 0 Å². The molecule has 3 aliphatic rings. The summed E-state index contributed by atoms with van der Waals surface area (Å²) >= 11 is 3.14. The van der Waals surface area contributed by atoms with Gasteiger partial charge in [0.25, 0.3) is 5.91 Å². The first-order valence-corrected chi connectivity index (χ1v) is 9.65. The summed E-state index contributed by atoms with van der Waals surface area (Å²) in [6, 6.07) is 9.79. The lowest BCUT2D eigenvalue weighted by atomic mass is 9.86. The van der Waals surface area contributed by atoms with Gasteiger partial charge in [0.05, 0.1) is 15.3 Å². The van der Waals surface area contributed by atoms with E-state index in [2.05, 4.69) is 15.2 Å². The second kappa shape index (κ2) is 6.63. The van der Waals surface area contributed by atoms with Crippen molar-refractivity contribution in [2.24, 2.45) is 5.92 Å². The van der Waals surface area contributed by atoms with E-state index in [0.717, 1.165) is 39.5 Å². The van der Waals surface area contributed by atoms with Gasteiger partial charge in [-0.05, 0) is 49.4 Å². The van der Waals surface area contributed by atoms with Crippen molar-refractivity contribution in [2.75, 3.05) is 13.1 Å². The van der Waals surface area contributed by atoms with Crippen molar-refractivity contribution in [3.63, 3.8) is 0 Å². The fourth-order valence-electron chi connectivity index (χ4n) is 3.35. The van der Waals surface area contributed by atoms with Crippen LogP contribution < -0.4 is 5.32 Å². The molecule has 5 heterocycles. The number of nitrogens with zero attached hydrogens (tertiary/aromatic N) is 2. The Morgan fingerprint density at radius 1 is 1.26 bits per heavy atom. The van der Waals surface area contributed by atoms with Gasteiger partial charge in [-0.25, -0.2) is 4.98 Å². The van der Waals surface area contributed by atoms with E-state index in [1.807, 2.05) is 30.3 Å². The summed E-state index contributed by atoms with van der Waals surface area (Å²) in [6.07, 6.45) is 5.69. The first-order valence-electron chi connectivity index (χ1n) is 8.01. The smallest absolute Gasteiger partial charge is 0.262 e. The molecule has 1 unspecified atom stereocenters. The minimum atomic E-state index is 0.0559. The van der Waals surface area contributed by atoms with Gasteiger partial charge in [0.2, 0.25) is 0 Å². The Kier molecular flexibility index (Phi) is 4.37. The Morgan fingerprint density at radius 2 is 2.13 bits per heavy atom. The molecule has 2 bridgehead atoms. The highest BCUT2D eigenvalue weighted by Gasteiger charge is 2.34. The van der Waals surface area contributed by atoms with Gasteiger partial charge in [0.1, 0.15) is 5.03 Å². The fraction of sp³-hybridized carbons (Fsp3) is 0.412. The van der Waals surface area contributed by atoms with Crippen LogP contribution in [0.5, 0.6) is 0 Å². The van der Waals surface area contributed by atoms with E-state index < -0.39 is 0 Å². The molecule has 2 aromatic heterocycles. The van der Waals surface area contributed by atoms with Gasteiger partial charge >= 0.3 is 0 Å². The maximum Gasteiger partial charge on any atom is 0.262 e. The van der Waals surface area contributed by atoms with E-state index in [4.69, 9.17) is 0 Å². The van der Waals surface area contributed by atoms with Gasteiger partial charge in [0, 0.05) is 19.3 Å². The molecular weight excluding hydrogens is 326 g/mol. The molecule has 3 fully saturated rings. The van der Waals surface area contributed by atoms with E-state index in [1.165, 1.54) is 24.2 Å². The number of hydrogen-bond donors (Lipinski definition) is 1. The number of nitrogens with one attached hydrogen (secondary N) is 1. The molecule has 1 atom stereocenters. The van der Waals surface area contributed by atoms with Gasteiger partial charge in [-0.3, -0.25) is 9.69 Å². The zero-order valence-electron chi connectivity index (χ0n) is 12.8. The third kappa shape index (κ3) is 3.44. The van der Waals surface area contributed by atoms with Crippen LogP contribution in [0, 0.1) is 5.92 Å². The van der Waals surface area contributed by atoms with Crippen molar-refractivity contribution in [3.05, 3.63) is 41.4 Å². The molecule has 6 heteroatoms. The Hall–Kier alpha value is -1.37. The average molecular weight is 345 g/mol. The highest BCUT2D eigenvalue weighted by molar-refractivity contribution is 8.01. The Bertz CT molecular complexity index is 680. The second-order valence-electron chi connectivity index (χ2n) is 6.09. The van der Waals surface area contributed by atoms with Crippen LogP contribution >= 0.6 is 23.1 Å². The molecule has 3 saturated heterocycles. The molecule has 5 rings (SSSR count). The molecule has 0 saturated carbocycles. The number of thiophene rings is 1. The quantitative estimate of drug-likeness (QED) is 0.922. The highest BCUT2D eigenvalue weighted by Crippen LogP contribution is 2.33. The predicted molar refractivity (Wildman–Crippen MR) is 92.8 cm³/mol. The molecule has 2 aromatic rings. The van der Waals surface area contributed by atoms with Crippen molar-refractivity contribution < 1.29 is 4.79 Å². The Balaban J connectivity index is 1.39. The molecule has 0 aromatic carbocycles. The van der Waals surface area contributed by atoms with Gasteiger partial charge in [0.15, 0.2) is 0 Å². The number of amides is 1. The lowest BCUT2D eigenvalue weighted by Crippen LogP contribution is -2.56. The third-order valence-electron chi connectivity index (χ3n) is 4.59. The summed E-state index contributed by atoms with van der Waals surface area (Å²) in [4.78, 5) is 20.0. The number of piperidine rings is 3. The first-order chi connectivity index (χ1) is 11.3. The summed E-state index contributed by atoms with van der Waals surface area (Å²) in [5, 5.41) is 4.17. The van der Waals surface area contributed by atoms with Crippen molar-refractivity contribution in [2.45, 2.75) is 34.7 Å². The minimum Gasteiger partial charge on any atom is -0.336 e. The van der Waals surface area contributed by atoms with Crippen molar-refractivity contribution in [1.29, 1.82) is 0 Å². The molecule has 120 valence electrons. The second-order valence-corrected chi connectivity index (χ2v) is 8.50. The zero-order chi connectivity index (χ0) is 15.6. The summed E-state index contributed by atoms with van der Waals surface area (Å²) < 4.78 is 1.10. The van der Waals surface area contributed by atoms with Crippen LogP contribution in [-0.2, 0) is 0 Å². The molecular formula is C17H19N3OS2. The molecule has 0 radical (unpaired) electrons. The normalized spacial score (nSPS) is 26.2. The Labute approximate surface area is 144 Å². The molecule has 0 aliphatic carbocycles. The molecule has 3 aliphatic heterocycles. The van der Waals surface area contributed by atoms with Crippen LogP contribution in [0.25, 0.3) is 0 Å². The molecule has 1 amide bonds. The number of carbonyl (C=O) groups excluding carboxylic acids is 1. The van der Waals surface area contributed by atoms with Crippen LogP contribution in [0.15, 0.2) is 45.8 Å². The topological polar surface area (TPSA) is 45.2 Å². The number of aromatic nitrogens is 1. The highest BCUT2D eigenvalue weighted by atomic mass is 32.2. The Morgan fingerprint density at radius 3 is 2.83 bits per heavy atom. The number of fused-ring (bicyclic) bond motifs is 3. The van der Waals surface area contributed by atoms with Crippen LogP contribution in [0.1, 0.15) is 28.9 Å². The molecule has 1 N–H and O–H groups in total. The van der Waals surface area contributed by atoms with E-state index in [9.17, 15) is 4.79 Å². The predicted octanol–water partition coefficient (Wildman–Crippen LogP) is 3.47. The van der Waals surface area contributed by atoms with Gasteiger partial charge in [-0.1, -0.05) is 17.8 Å². The lowest BCUT2D eigenvalue weighted by molar-refractivity contribution is 0.0296. The summed E-state index contributed by atoms with van der Waals surface area (Å²) in [5.74, 6) is 0.851. The zero-order valence-corrected chi connectivity index (χ0v) is 14.4. The largest absolute Gasteiger partial charge is 0.336 e. The van der Waals surface area contributed by atoms with E-state index in [0.29, 0.717) is 0 Å². The minimum absolute atomic E-state index is 0.0559.